The van der Waals surface area contributed by atoms with Crippen LogP contribution in [0.2, 0.25) is 0 Å². The Morgan fingerprint density at radius 2 is 1.83 bits per heavy atom. The van der Waals surface area contributed by atoms with Crippen molar-refractivity contribution < 1.29 is 14.7 Å². The first-order chi connectivity index (χ1) is 11.1. The highest BCUT2D eigenvalue weighted by molar-refractivity contribution is 6.10. The second kappa shape index (κ2) is 4.42. The summed E-state index contributed by atoms with van der Waals surface area (Å²) in [5.74, 6) is 0.0633. The Hall–Kier alpha value is -1.38. The summed E-state index contributed by atoms with van der Waals surface area (Å²) >= 11 is 0. The van der Waals surface area contributed by atoms with Gasteiger partial charge in [0.15, 0.2) is 5.76 Å². The fourth-order valence-corrected chi connectivity index (χ4v) is 6.42. The van der Waals surface area contributed by atoms with Gasteiger partial charge in [0.25, 0.3) is 0 Å². The number of hydrogen-bond acceptors (Lipinski definition) is 3. The standard InChI is InChI=1S/C21H28O3/c1-11(2)12-9-21-10-13(21)15(23)17-19(3,4)7-6-8-20(17,5)18(21)16(24)14(12)22/h9,11,13,17,24H,6-8,10H2,1-5H3/t13-,17+,20+,21-/m1/s1. The molecule has 3 nitrogen and oxygen atoms in total. The summed E-state index contributed by atoms with van der Waals surface area (Å²) in [6.45, 7) is 10.4. The zero-order valence-corrected chi connectivity index (χ0v) is 15.4. The van der Waals surface area contributed by atoms with Crippen LogP contribution < -0.4 is 0 Å². The molecular formula is C21H28O3. The molecule has 4 rings (SSSR count). The molecule has 0 aromatic carbocycles. The molecule has 0 unspecified atom stereocenters. The van der Waals surface area contributed by atoms with Crippen LogP contribution in [0.1, 0.15) is 60.3 Å². The highest BCUT2D eigenvalue weighted by Gasteiger charge is 2.73. The summed E-state index contributed by atoms with van der Waals surface area (Å²) in [6.07, 6.45) is 5.80. The average Bonchev–Trinajstić information content (AvgIpc) is 3.16. The number of carbonyl (C=O) groups excluding carboxylic acids is 2. The Kier molecular flexibility index (Phi) is 2.96. The van der Waals surface area contributed by atoms with Crippen molar-refractivity contribution in [1.29, 1.82) is 0 Å². The number of ketones is 2. The van der Waals surface area contributed by atoms with Gasteiger partial charge in [0.1, 0.15) is 5.78 Å². The Bertz CT molecular complexity index is 723. The van der Waals surface area contributed by atoms with E-state index in [2.05, 4.69) is 26.8 Å². The minimum atomic E-state index is -0.384. The van der Waals surface area contributed by atoms with Gasteiger partial charge in [-0.2, -0.15) is 0 Å². The van der Waals surface area contributed by atoms with E-state index < -0.39 is 0 Å². The number of aliphatic hydroxyl groups is 1. The molecule has 4 atom stereocenters. The highest BCUT2D eigenvalue weighted by Crippen LogP contribution is 2.75. The molecule has 0 aromatic rings. The fourth-order valence-electron chi connectivity index (χ4n) is 6.42. The molecule has 0 heterocycles. The number of aliphatic hydroxyl groups excluding tert-OH is 1. The van der Waals surface area contributed by atoms with Gasteiger partial charge in [0.2, 0.25) is 5.78 Å². The SMILES string of the molecule is CC(C)C1=C[C@@]23C[C@@H]2C(=O)[C@H]2C(C)(C)CCC[C@]2(C)C3=C(O)C1=O. The largest absolute Gasteiger partial charge is 0.504 e. The maximum atomic E-state index is 13.3. The molecule has 0 aromatic heterocycles. The van der Waals surface area contributed by atoms with E-state index in [0.717, 1.165) is 31.3 Å². The lowest BCUT2D eigenvalue weighted by atomic mass is 9.47. The van der Waals surface area contributed by atoms with Gasteiger partial charge >= 0.3 is 0 Å². The third-order valence-corrected chi connectivity index (χ3v) is 7.35. The number of fused-ring (bicyclic) bond motifs is 2. The van der Waals surface area contributed by atoms with Crippen molar-refractivity contribution in [2.45, 2.75) is 60.3 Å². The minimum absolute atomic E-state index is 0.0352. The van der Waals surface area contributed by atoms with Crippen molar-refractivity contribution in [3.63, 3.8) is 0 Å². The van der Waals surface area contributed by atoms with E-state index in [-0.39, 0.29) is 45.5 Å². The monoisotopic (exact) mass is 328 g/mol. The third-order valence-electron chi connectivity index (χ3n) is 7.35. The molecule has 0 aliphatic heterocycles. The lowest BCUT2D eigenvalue weighted by Gasteiger charge is -2.55. The van der Waals surface area contributed by atoms with Gasteiger partial charge in [-0.3, -0.25) is 9.59 Å². The predicted molar refractivity (Wildman–Crippen MR) is 92.4 cm³/mol. The van der Waals surface area contributed by atoms with E-state index in [9.17, 15) is 14.7 Å². The summed E-state index contributed by atoms with van der Waals surface area (Å²) in [6, 6.07) is 0. The van der Waals surface area contributed by atoms with E-state index in [4.69, 9.17) is 0 Å². The number of allylic oxidation sites excluding steroid dienone is 3. The van der Waals surface area contributed by atoms with Crippen LogP contribution in [0.25, 0.3) is 0 Å². The molecule has 0 bridgehead atoms. The predicted octanol–water partition coefficient (Wildman–Crippen LogP) is 4.39. The first-order valence-electron chi connectivity index (χ1n) is 9.31. The molecule has 3 fully saturated rings. The number of carbonyl (C=O) groups is 2. The van der Waals surface area contributed by atoms with Gasteiger partial charge in [-0.05, 0) is 36.2 Å². The Morgan fingerprint density at radius 1 is 1.17 bits per heavy atom. The van der Waals surface area contributed by atoms with E-state index >= 15 is 0 Å². The smallest absolute Gasteiger partial charge is 0.223 e. The summed E-state index contributed by atoms with van der Waals surface area (Å²) in [4.78, 5) is 26.1. The van der Waals surface area contributed by atoms with Gasteiger partial charge in [-0.25, -0.2) is 0 Å². The Morgan fingerprint density at radius 3 is 2.46 bits per heavy atom. The first kappa shape index (κ1) is 16.1. The second-order valence-electron chi connectivity index (χ2n) is 9.70. The third kappa shape index (κ3) is 1.69. The van der Waals surface area contributed by atoms with Crippen molar-refractivity contribution >= 4 is 11.6 Å². The number of rotatable bonds is 1. The van der Waals surface area contributed by atoms with Gasteiger partial charge in [-0.15, -0.1) is 0 Å². The van der Waals surface area contributed by atoms with Gasteiger partial charge in [-0.1, -0.05) is 47.1 Å². The van der Waals surface area contributed by atoms with Crippen LogP contribution in [0.15, 0.2) is 23.0 Å². The van der Waals surface area contributed by atoms with Gasteiger partial charge in [0.05, 0.1) is 0 Å². The van der Waals surface area contributed by atoms with Gasteiger partial charge in [0, 0.05) is 28.2 Å². The fraction of sp³-hybridized carbons (Fsp3) is 0.714. The number of hydrogen-bond donors (Lipinski definition) is 1. The van der Waals surface area contributed by atoms with E-state index in [0.29, 0.717) is 11.4 Å². The summed E-state index contributed by atoms with van der Waals surface area (Å²) in [5.41, 5.74) is 0.755. The quantitative estimate of drug-likeness (QED) is 0.777. The average molecular weight is 328 g/mol. The molecule has 1 N–H and O–H groups in total. The van der Waals surface area contributed by atoms with Crippen molar-refractivity contribution in [3.05, 3.63) is 23.0 Å². The van der Waals surface area contributed by atoms with Crippen molar-refractivity contribution in [2.75, 3.05) is 0 Å². The summed E-state index contributed by atoms with van der Waals surface area (Å²) in [7, 11) is 0. The molecule has 1 spiro atoms. The molecule has 0 amide bonds. The van der Waals surface area contributed by atoms with Crippen LogP contribution >= 0.6 is 0 Å². The number of Topliss-reactive ketones (excluding diaryl/α,β-unsaturated/α-hetero) is 2. The molecule has 24 heavy (non-hydrogen) atoms. The lowest BCUT2D eigenvalue weighted by molar-refractivity contribution is -0.140. The van der Waals surface area contributed by atoms with Crippen LogP contribution in [0.4, 0.5) is 0 Å². The normalized spacial score (nSPS) is 43.2. The molecule has 130 valence electrons. The zero-order valence-electron chi connectivity index (χ0n) is 15.4. The van der Waals surface area contributed by atoms with Crippen LogP contribution in [0.5, 0.6) is 0 Å². The zero-order chi connectivity index (χ0) is 17.7. The first-order valence-corrected chi connectivity index (χ1v) is 9.31. The maximum Gasteiger partial charge on any atom is 0.223 e. The van der Waals surface area contributed by atoms with Crippen molar-refractivity contribution in [1.82, 2.24) is 0 Å². The lowest BCUT2D eigenvalue weighted by Crippen LogP contribution is -2.54. The molecule has 4 aliphatic rings. The van der Waals surface area contributed by atoms with Crippen LogP contribution in [0.3, 0.4) is 0 Å². The molecule has 0 radical (unpaired) electrons. The Balaban J connectivity index is 1.94. The Labute approximate surface area is 144 Å². The molecule has 3 saturated carbocycles. The van der Waals surface area contributed by atoms with E-state index in [1.165, 1.54) is 0 Å². The van der Waals surface area contributed by atoms with E-state index in [1.807, 2.05) is 13.8 Å². The van der Waals surface area contributed by atoms with Crippen LogP contribution in [0, 0.1) is 34.0 Å². The molecule has 0 saturated heterocycles. The molecule has 4 aliphatic carbocycles. The topological polar surface area (TPSA) is 54.4 Å². The van der Waals surface area contributed by atoms with Crippen molar-refractivity contribution in [2.24, 2.45) is 34.0 Å². The van der Waals surface area contributed by atoms with Crippen molar-refractivity contribution in [3.8, 4) is 0 Å². The summed E-state index contributed by atoms with van der Waals surface area (Å²) in [5, 5.41) is 10.9. The maximum absolute atomic E-state index is 13.3. The van der Waals surface area contributed by atoms with E-state index in [1.54, 1.807) is 0 Å². The minimum Gasteiger partial charge on any atom is -0.504 e. The van der Waals surface area contributed by atoms with Crippen LogP contribution in [-0.2, 0) is 9.59 Å². The molecule has 3 heteroatoms. The van der Waals surface area contributed by atoms with Crippen LogP contribution in [-0.4, -0.2) is 16.7 Å². The second-order valence-corrected chi connectivity index (χ2v) is 9.70. The summed E-state index contributed by atoms with van der Waals surface area (Å²) < 4.78 is 0. The van der Waals surface area contributed by atoms with Gasteiger partial charge < -0.3 is 5.11 Å². The highest BCUT2D eigenvalue weighted by atomic mass is 16.3. The molecular weight excluding hydrogens is 300 g/mol.